The van der Waals surface area contributed by atoms with Crippen molar-refractivity contribution in [3.8, 4) is 0 Å². The molecule has 1 amide bonds. The van der Waals surface area contributed by atoms with E-state index in [1.54, 1.807) is 29.4 Å². The predicted molar refractivity (Wildman–Crippen MR) is 119 cm³/mol. The SMILES string of the molecule is Cc1ccc2nc(N(CCCn3ccnc3)C(=O)c3cc(C(F)(F)F)cc(C(F)(F)F)c3)sc2c1. The Morgan fingerprint density at radius 2 is 1.71 bits per heavy atom. The van der Waals surface area contributed by atoms with E-state index in [0.717, 1.165) is 26.5 Å². The van der Waals surface area contributed by atoms with Crippen molar-refractivity contribution in [3.63, 3.8) is 0 Å². The molecule has 35 heavy (non-hydrogen) atoms. The van der Waals surface area contributed by atoms with Gasteiger partial charge in [-0.25, -0.2) is 9.97 Å². The normalized spacial score (nSPS) is 12.3. The van der Waals surface area contributed by atoms with Crippen LogP contribution in [0.15, 0.2) is 55.1 Å². The van der Waals surface area contributed by atoms with Gasteiger partial charge in [-0.3, -0.25) is 9.69 Å². The van der Waals surface area contributed by atoms with Gasteiger partial charge in [0, 0.05) is 31.0 Å². The van der Waals surface area contributed by atoms with E-state index in [2.05, 4.69) is 9.97 Å². The minimum atomic E-state index is -5.06. The molecule has 0 aliphatic rings. The third-order valence-corrected chi connectivity index (χ3v) is 6.24. The van der Waals surface area contributed by atoms with E-state index in [0.29, 0.717) is 30.6 Å². The van der Waals surface area contributed by atoms with Crippen LogP contribution in [0.2, 0.25) is 0 Å². The first-order valence-electron chi connectivity index (χ1n) is 10.4. The Kier molecular flexibility index (Phi) is 6.58. The van der Waals surface area contributed by atoms with Crippen LogP contribution in [-0.4, -0.2) is 27.0 Å². The van der Waals surface area contributed by atoms with Gasteiger partial charge in [0.25, 0.3) is 5.91 Å². The summed E-state index contributed by atoms with van der Waals surface area (Å²) < 4.78 is 82.6. The van der Waals surface area contributed by atoms with Crippen LogP contribution in [0, 0.1) is 6.92 Å². The van der Waals surface area contributed by atoms with Gasteiger partial charge in [-0.05, 0) is 49.2 Å². The molecule has 0 atom stereocenters. The number of hydrogen-bond donors (Lipinski definition) is 0. The molecular weight excluding hydrogens is 494 g/mol. The lowest BCUT2D eigenvalue weighted by atomic mass is 10.0. The number of benzene rings is 2. The molecular formula is C23H18F6N4OS. The minimum Gasteiger partial charge on any atom is -0.337 e. The van der Waals surface area contributed by atoms with Gasteiger partial charge < -0.3 is 4.57 Å². The molecule has 2 aromatic heterocycles. The van der Waals surface area contributed by atoms with Crippen molar-refractivity contribution in [2.24, 2.45) is 0 Å². The number of anilines is 1. The van der Waals surface area contributed by atoms with Crippen molar-refractivity contribution >= 4 is 32.6 Å². The van der Waals surface area contributed by atoms with Gasteiger partial charge in [-0.1, -0.05) is 17.4 Å². The van der Waals surface area contributed by atoms with Crippen molar-refractivity contribution in [1.29, 1.82) is 0 Å². The lowest BCUT2D eigenvalue weighted by molar-refractivity contribution is -0.143. The van der Waals surface area contributed by atoms with Gasteiger partial charge in [0.1, 0.15) is 0 Å². The zero-order chi connectivity index (χ0) is 25.4. The average molecular weight is 512 g/mol. The molecule has 0 unspecified atom stereocenters. The summed E-state index contributed by atoms with van der Waals surface area (Å²) in [5.74, 6) is -0.997. The van der Waals surface area contributed by atoms with Gasteiger partial charge in [-0.2, -0.15) is 26.3 Å². The second-order valence-electron chi connectivity index (χ2n) is 7.87. The molecule has 0 saturated carbocycles. The number of rotatable bonds is 6. The molecule has 0 aliphatic heterocycles. The summed E-state index contributed by atoms with van der Waals surface area (Å²) in [6, 6.07) is 6.29. The monoisotopic (exact) mass is 512 g/mol. The summed E-state index contributed by atoms with van der Waals surface area (Å²) >= 11 is 1.14. The molecule has 4 rings (SSSR count). The number of carbonyl (C=O) groups is 1. The van der Waals surface area contributed by atoms with Gasteiger partial charge in [0.15, 0.2) is 5.13 Å². The highest BCUT2D eigenvalue weighted by Gasteiger charge is 2.38. The van der Waals surface area contributed by atoms with E-state index in [1.165, 1.54) is 0 Å². The number of thiazole rings is 1. The summed E-state index contributed by atoms with van der Waals surface area (Å²) in [5.41, 5.74) is -2.30. The lowest BCUT2D eigenvalue weighted by Gasteiger charge is -2.21. The maximum atomic E-state index is 13.4. The topological polar surface area (TPSA) is 51.0 Å². The van der Waals surface area contributed by atoms with E-state index in [1.807, 2.05) is 19.1 Å². The average Bonchev–Trinajstić information content (AvgIpc) is 3.44. The third-order valence-electron chi connectivity index (χ3n) is 5.20. The molecule has 0 saturated heterocycles. The Labute approximate surface area is 199 Å². The lowest BCUT2D eigenvalue weighted by Crippen LogP contribution is -2.33. The number of imidazole rings is 1. The molecule has 0 N–H and O–H groups in total. The molecule has 4 aromatic rings. The molecule has 184 valence electrons. The number of halogens is 6. The maximum absolute atomic E-state index is 13.4. The molecule has 0 radical (unpaired) electrons. The Balaban J connectivity index is 1.74. The molecule has 0 bridgehead atoms. The number of aromatic nitrogens is 3. The first-order chi connectivity index (χ1) is 16.4. The number of amides is 1. The van der Waals surface area contributed by atoms with E-state index >= 15 is 0 Å². The van der Waals surface area contributed by atoms with Gasteiger partial charge in [0.05, 0.1) is 27.7 Å². The van der Waals surface area contributed by atoms with E-state index in [-0.39, 0.29) is 17.7 Å². The molecule has 2 heterocycles. The van der Waals surface area contributed by atoms with Crippen LogP contribution >= 0.6 is 11.3 Å². The first kappa shape index (κ1) is 24.7. The van der Waals surface area contributed by atoms with Crippen LogP contribution in [0.4, 0.5) is 31.5 Å². The van der Waals surface area contributed by atoms with E-state index in [4.69, 9.17) is 0 Å². The Morgan fingerprint density at radius 3 is 2.31 bits per heavy atom. The first-order valence-corrected chi connectivity index (χ1v) is 11.2. The minimum absolute atomic E-state index is 0.000623. The highest BCUT2D eigenvalue weighted by Crippen LogP contribution is 2.37. The molecule has 0 aliphatic carbocycles. The number of carbonyl (C=O) groups excluding carboxylic acids is 1. The number of aryl methyl sites for hydroxylation is 2. The summed E-state index contributed by atoms with van der Waals surface area (Å²) in [5, 5.41) is 0.187. The maximum Gasteiger partial charge on any atom is 0.416 e. The number of fused-ring (bicyclic) bond motifs is 1. The number of alkyl halides is 6. The van der Waals surface area contributed by atoms with Crippen LogP contribution in [0.5, 0.6) is 0 Å². The summed E-state index contributed by atoms with van der Waals surface area (Å²) in [6.45, 7) is 2.33. The van der Waals surface area contributed by atoms with Gasteiger partial charge >= 0.3 is 12.4 Å². The van der Waals surface area contributed by atoms with Crippen molar-refractivity contribution in [2.75, 3.05) is 11.4 Å². The van der Waals surface area contributed by atoms with Crippen molar-refractivity contribution < 1.29 is 31.1 Å². The zero-order valence-electron chi connectivity index (χ0n) is 18.2. The fourth-order valence-electron chi connectivity index (χ4n) is 3.48. The standard InChI is InChI=1S/C23H18F6N4OS/c1-14-3-4-18-19(9-14)35-21(31-18)33(7-2-6-32-8-5-30-13-32)20(34)15-10-16(22(24,25)26)12-17(11-15)23(27,28)29/h3-5,8-13H,2,6-7H2,1H3. The van der Waals surface area contributed by atoms with Crippen LogP contribution in [0.3, 0.4) is 0 Å². The summed E-state index contributed by atoms with van der Waals surface area (Å²) in [4.78, 5) is 22.9. The number of nitrogens with zero attached hydrogens (tertiary/aromatic N) is 4. The molecule has 5 nitrogen and oxygen atoms in total. The smallest absolute Gasteiger partial charge is 0.337 e. The Hall–Kier alpha value is -3.41. The van der Waals surface area contributed by atoms with E-state index < -0.39 is 35.0 Å². The third kappa shape index (κ3) is 5.64. The molecule has 2 aromatic carbocycles. The highest BCUT2D eigenvalue weighted by molar-refractivity contribution is 7.22. The van der Waals surface area contributed by atoms with E-state index in [9.17, 15) is 31.1 Å². The highest BCUT2D eigenvalue weighted by atomic mass is 32.1. The molecule has 12 heteroatoms. The van der Waals surface area contributed by atoms with Crippen molar-refractivity contribution in [1.82, 2.24) is 14.5 Å². The van der Waals surface area contributed by atoms with Crippen LogP contribution in [0.25, 0.3) is 10.2 Å². The van der Waals surface area contributed by atoms with Gasteiger partial charge in [0.2, 0.25) is 0 Å². The number of hydrogen-bond acceptors (Lipinski definition) is 4. The van der Waals surface area contributed by atoms with Crippen LogP contribution < -0.4 is 4.90 Å². The fourth-order valence-corrected chi connectivity index (χ4v) is 4.57. The zero-order valence-corrected chi connectivity index (χ0v) is 19.0. The summed E-state index contributed by atoms with van der Waals surface area (Å²) in [7, 11) is 0. The predicted octanol–water partition coefficient (Wildman–Crippen LogP) is 6.58. The molecule has 0 fully saturated rings. The largest absolute Gasteiger partial charge is 0.416 e. The van der Waals surface area contributed by atoms with Gasteiger partial charge in [-0.15, -0.1) is 0 Å². The van der Waals surface area contributed by atoms with Crippen LogP contribution in [-0.2, 0) is 18.9 Å². The summed E-state index contributed by atoms with van der Waals surface area (Å²) in [6.07, 6.45) is -4.92. The Bertz CT molecular complexity index is 1310. The Morgan fingerprint density at radius 1 is 1.03 bits per heavy atom. The van der Waals surface area contributed by atoms with Crippen molar-refractivity contribution in [2.45, 2.75) is 32.2 Å². The van der Waals surface area contributed by atoms with Crippen LogP contribution in [0.1, 0.15) is 33.5 Å². The fraction of sp³-hybridized carbons (Fsp3) is 0.261. The molecule has 0 spiro atoms. The quantitative estimate of drug-likeness (QED) is 0.275. The van der Waals surface area contributed by atoms with Crippen molar-refractivity contribution in [3.05, 3.63) is 77.4 Å². The second-order valence-corrected chi connectivity index (χ2v) is 8.88. The second kappa shape index (κ2) is 9.33.